The summed E-state index contributed by atoms with van der Waals surface area (Å²) in [5.74, 6) is -0.473. The molecule has 114 valence electrons. The predicted molar refractivity (Wildman–Crippen MR) is 81.8 cm³/mol. The van der Waals surface area contributed by atoms with Gasteiger partial charge in [-0.05, 0) is 18.5 Å². The maximum Gasteiger partial charge on any atom is 0.337 e. The molecule has 1 saturated heterocycles. The van der Waals surface area contributed by atoms with Crippen molar-refractivity contribution in [3.63, 3.8) is 0 Å². The highest BCUT2D eigenvalue weighted by molar-refractivity contribution is 6.26. The normalized spacial score (nSPS) is 31.0. The van der Waals surface area contributed by atoms with E-state index < -0.39 is 44.4 Å². The molecule has 0 amide bonds. The smallest absolute Gasteiger partial charge is 0.337 e. The van der Waals surface area contributed by atoms with Crippen LogP contribution in [0.4, 0.5) is 0 Å². The van der Waals surface area contributed by atoms with E-state index >= 15 is 0 Å². The molecule has 20 heavy (non-hydrogen) atoms. The molecule has 0 radical (unpaired) electrons. The summed E-state index contributed by atoms with van der Waals surface area (Å²) in [5, 5.41) is 0. The quantitative estimate of drug-likeness (QED) is 0.366. The van der Waals surface area contributed by atoms with E-state index in [0.29, 0.717) is 18.5 Å². The Morgan fingerprint density at radius 3 is 2.45 bits per heavy atom. The third-order valence-corrected chi connectivity index (χ3v) is 6.06. The molecule has 0 spiro atoms. The highest BCUT2D eigenvalue weighted by Gasteiger charge is 2.46. The van der Waals surface area contributed by atoms with Crippen LogP contribution >= 0.6 is 0 Å². The van der Waals surface area contributed by atoms with Gasteiger partial charge in [0.15, 0.2) is 25.6 Å². The molecule has 1 aliphatic rings. The Hall–Kier alpha value is -0.142. The van der Waals surface area contributed by atoms with Crippen LogP contribution in [0.2, 0.25) is 25.2 Å². The lowest BCUT2D eigenvalue weighted by Gasteiger charge is -2.41. The number of hydrogen-bond donors (Lipinski definition) is 0. The molecule has 1 fully saturated rings. The summed E-state index contributed by atoms with van der Waals surface area (Å²) < 4.78 is 38.7. The van der Waals surface area contributed by atoms with E-state index in [9.17, 15) is 13.7 Å². The molecule has 0 aromatic heterocycles. The van der Waals surface area contributed by atoms with Crippen molar-refractivity contribution in [2.24, 2.45) is 5.92 Å². The van der Waals surface area contributed by atoms with Crippen molar-refractivity contribution in [2.45, 2.75) is 49.9 Å². The average molecular weight is 351 g/mol. The Morgan fingerprint density at radius 2 is 1.90 bits per heavy atom. The summed E-state index contributed by atoms with van der Waals surface area (Å²) in [7, 11) is -3.28. The van der Waals surface area contributed by atoms with Gasteiger partial charge in [0, 0.05) is 5.92 Å². The maximum absolute atomic E-state index is 12.1. The third kappa shape index (κ3) is 4.70. The van der Waals surface area contributed by atoms with Crippen LogP contribution in [-0.4, -0.2) is 62.6 Å². The Labute approximate surface area is 128 Å². The van der Waals surface area contributed by atoms with Gasteiger partial charge >= 0.3 is 5.97 Å². The van der Waals surface area contributed by atoms with E-state index in [4.69, 9.17) is 13.6 Å². The Balaban J connectivity index is 2.91. The minimum Gasteiger partial charge on any atom is -0.460 e. The number of rotatable bonds is 9. The molecule has 0 aliphatic carbocycles. The number of esters is 1. The molecule has 10 heteroatoms. The summed E-state index contributed by atoms with van der Waals surface area (Å²) in [6.07, 6.45) is -0.787. The zero-order valence-corrected chi connectivity index (χ0v) is 17.1. The molecular weight excluding hydrogens is 328 g/mol. The lowest BCUT2D eigenvalue weighted by Crippen LogP contribution is -2.55. The first-order valence-electron chi connectivity index (χ1n) is 7.00. The van der Waals surface area contributed by atoms with Crippen LogP contribution in [-0.2, 0) is 27.3 Å². The molecule has 0 saturated carbocycles. The lowest BCUT2D eigenvalue weighted by molar-refractivity contribution is -0.183. The van der Waals surface area contributed by atoms with Crippen molar-refractivity contribution in [2.75, 3.05) is 0 Å². The first-order chi connectivity index (χ1) is 9.69. The molecule has 0 aromatic carbocycles. The van der Waals surface area contributed by atoms with Crippen LogP contribution in [0.5, 0.6) is 0 Å². The Kier molecular flexibility index (Phi) is 8.71. The van der Waals surface area contributed by atoms with Crippen LogP contribution in [0.25, 0.3) is 0 Å². The Morgan fingerprint density at radius 1 is 1.20 bits per heavy atom. The van der Waals surface area contributed by atoms with Crippen molar-refractivity contribution < 1.29 is 27.3 Å². The molecule has 6 nitrogen and oxygen atoms in total. The Bertz CT molecular complexity index is 342. The second kappa shape index (κ2) is 9.73. The minimum atomic E-state index is -0.938. The van der Waals surface area contributed by atoms with Crippen LogP contribution in [0.1, 0.15) is 6.42 Å². The van der Waals surface area contributed by atoms with Gasteiger partial charge in [-0.1, -0.05) is 13.1 Å². The molecule has 4 atom stereocenters. The standard InChI is InChI=1S/C10H22O6Si4/c1-17-15-8-6(5-20-13)7(3-4-19-12)14-10(11)9(8)16-18-2/h6-9,19-20H,3-5,17-18H2,1-2H3. The van der Waals surface area contributed by atoms with Gasteiger partial charge in [-0.15, -0.1) is 0 Å². The van der Waals surface area contributed by atoms with Gasteiger partial charge in [0.1, 0.15) is 6.10 Å². The number of carbonyl (C=O) groups is 1. The summed E-state index contributed by atoms with van der Waals surface area (Å²) in [4.78, 5) is 12.1. The molecule has 1 aliphatic heterocycles. The van der Waals surface area contributed by atoms with E-state index in [0.717, 1.165) is 0 Å². The van der Waals surface area contributed by atoms with Crippen LogP contribution in [0, 0.1) is 5.92 Å². The topological polar surface area (TPSA) is 78.9 Å². The zero-order chi connectivity index (χ0) is 15.0. The molecule has 4 unspecified atom stereocenters. The van der Waals surface area contributed by atoms with Crippen molar-refractivity contribution in [1.29, 1.82) is 0 Å². The van der Waals surface area contributed by atoms with E-state index in [1.54, 1.807) is 0 Å². The van der Waals surface area contributed by atoms with Gasteiger partial charge < -0.3 is 22.5 Å². The first kappa shape index (κ1) is 17.9. The fraction of sp³-hybridized carbons (Fsp3) is 0.900. The van der Waals surface area contributed by atoms with E-state index in [2.05, 4.69) is 0 Å². The van der Waals surface area contributed by atoms with Gasteiger partial charge in [0.2, 0.25) is 0 Å². The van der Waals surface area contributed by atoms with Gasteiger partial charge in [-0.2, -0.15) is 0 Å². The van der Waals surface area contributed by atoms with Crippen molar-refractivity contribution in [3.8, 4) is 0 Å². The van der Waals surface area contributed by atoms with E-state index in [1.807, 2.05) is 13.1 Å². The largest absolute Gasteiger partial charge is 0.460 e. The molecule has 0 N–H and O–H groups in total. The molecule has 0 bridgehead atoms. The lowest BCUT2D eigenvalue weighted by atomic mass is 9.89. The van der Waals surface area contributed by atoms with Gasteiger partial charge in [-0.25, -0.2) is 4.79 Å². The molecule has 0 aromatic rings. The summed E-state index contributed by atoms with van der Waals surface area (Å²) in [6, 6.07) is 1.02. The third-order valence-electron chi connectivity index (χ3n) is 3.34. The van der Waals surface area contributed by atoms with Gasteiger partial charge in [-0.3, -0.25) is 0 Å². The second-order valence-electron chi connectivity index (χ2n) is 4.58. The fourth-order valence-electron chi connectivity index (χ4n) is 2.52. The van der Waals surface area contributed by atoms with Crippen LogP contribution in [0.15, 0.2) is 0 Å². The van der Waals surface area contributed by atoms with Crippen LogP contribution < -0.4 is 0 Å². The molecular formula is C10H22O6Si4. The average Bonchev–Trinajstić information content (AvgIpc) is 2.44. The van der Waals surface area contributed by atoms with Crippen LogP contribution in [0.3, 0.4) is 0 Å². The number of hydrogen-bond acceptors (Lipinski definition) is 6. The summed E-state index contributed by atoms with van der Waals surface area (Å²) >= 11 is 0. The van der Waals surface area contributed by atoms with Crippen molar-refractivity contribution in [1.82, 2.24) is 0 Å². The SMILES string of the molecule is C[SiH2]OC1C(=O)OC(CC[SiH]=O)C(C[SiH]=O)C1O[SiH2]C. The van der Waals surface area contributed by atoms with Crippen molar-refractivity contribution in [3.05, 3.63) is 0 Å². The van der Waals surface area contributed by atoms with Crippen molar-refractivity contribution >= 4 is 44.3 Å². The maximum atomic E-state index is 12.1. The highest BCUT2D eigenvalue weighted by atomic mass is 28.2. The van der Waals surface area contributed by atoms with Gasteiger partial charge in [0.05, 0.1) is 6.10 Å². The predicted octanol–water partition coefficient (Wildman–Crippen LogP) is -1.65. The summed E-state index contributed by atoms with van der Waals surface area (Å²) in [5.41, 5.74) is 0. The molecule has 1 heterocycles. The second-order valence-corrected chi connectivity index (χ2v) is 8.12. The zero-order valence-electron chi connectivity index (χ0n) is 11.9. The fourth-order valence-corrected chi connectivity index (χ4v) is 5.27. The van der Waals surface area contributed by atoms with Gasteiger partial charge in [0.25, 0.3) is 18.8 Å². The minimum absolute atomic E-state index is 0.0934. The number of ether oxygens (including phenoxy) is 1. The van der Waals surface area contributed by atoms with E-state index in [1.165, 1.54) is 0 Å². The monoisotopic (exact) mass is 350 g/mol. The first-order valence-corrected chi connectivity index (χ1v) is 13.6. The number of carbonyl (C=O) groups excluding carboxylic acids is 1. The highest BCUT2D eigenvalue weighted by Crippen LogP contribution is 2.31. The summed E-state index contributed by atoms with van der Waals surface area (Å²) in [6.45, 7) is 3.95. The molecule has 1 rings (SSSR count). The number of cyclic esters (lactones) is 1. The van der Waals surface area contributed by atoms with E-state index in [-0.39, 0.29) is 24.1 Å².